The summed E-state index contributed by atoms with van der Waals surface area (Å²) in [6.45, 7) is 0. The van der Waals surface area contributed by atoms with Crippen LogP contribution in [-0.4, -0.2) is 15.2 Å². The average Bonchev–Trinajstić information content (AvgIpc) is 2.88. The Morgan fingerprint density at radius 1 is 1.24 bits per heavy atom. The van der Waals surface area contributed by atoms with Crippen LogP contribution in [0.5, 0.6) is 0 Å². The van der Waals surface area contributed by atoms with Gasteiger partial charge in [-0.2, -0.15) is 0 Å². The Hall–Kier alpha value is -1.87. The van der Waals surface area contributed by atoms with Crippen LogP contribution in [0.25, 0.3) is 6.08 Å². The molecule has 1 fully saturated rings. The predicted octanol–water partition coefficient (Wildman–Crippen LogP) is 4.89. The average molecular weight is 409 g/mol. The van der Waals surface area contributed by atoms with Crippen molar-refractivity contribution in [2.45, 2.75) is 9.79 Å². The van der Waals surface area contributed by atoms with E-state index in [1.54, 1.807) is 24.3 Å². The van der Waals surface area contributed by atoms with Gasteiger partial charge in [-0.3, -0.25) is 14.9 Å². The highest BCUT2D eigenvalue weighted by molar-refractivity contribution is 8.26. The van der Waals surface area contributed by atoms with Crippen molar-refractivity contribution in [2.24, 2.45) is 0 Å². The predicted molar refractivity (Wildman–Crippen MR) is 105 cm³/mol. The normalized spacial score (nSPS) is 15.5. The van der Waals surface area contributed by atoms with E-state index >= 15 is 0 Å². The molecule has 0 aliphatic carbocycles. The molecule has 0 bridgehead atoms. The molecule has 126 valence electrons. The van der Waals surface area contributed by atoms with Crippen molar-refractivity contribution in [3.8, 4) is 0 Å². The minimum atomic E-state index is -0.467. The van der Waals surface area contributed by atoms with Crippen LogP contribution in [0, 0.1) is 10.1 Å². The fourth-order valence-electron chi connectivity index (χ4n) is 2.05. The smallest absolute Gasteiger partial charge is 0.270 e. The summed E-state index contributed by atoms with van der Waals surface area (Å²) in [6.07, 6.45) is 1.62. The third-order valence-electron chi connectivity index (χ3n) is 3.17. The molecule has 0 radical (unpaired) electrons. The molecule has 1 N–H and O–H groups in total. The topological polar surface area (TPSA) is 72.2 Å². The van der Waals surface area contributed by atoms with E-state index in [0.717, 1.165) is 21.6 Å². The first-order chi connectivity index (χ1) is 11.9. The van der Waals surface area contributed by atoms with Crippen LogP contribution in [0.15, 0.2) is 57.2 Å². The summed E-state index contributed by atoms with van der Waals surface area (Å²) in [5.41, 5.74) is 0.537. The zero-order chi connectivity index (χ0) is 18.0. The van der Waals surface area contributed by atoms with Gasteiger partial charge in [-0.1, -0.05) is 47.3 Å². The standard InChI is InChI=1S/C16H9ClN2O3S3/c17-10-1-4-12(5-2-10)24-13-6-3-11(19(21)22)7-9(13)8-14-15(20)18-16(23)25-14/h1-8H,(H,18,20,23)/b14-8-. The van der Waals surface area contributed by atoms with Crippen molar-refractivity contribution in [3.05, 3.63) is 68.1 Å². The maximum absolute atomic E-state index is 11.9. The van der Waals surface area contributed by atoms with Gasteiger partial charge in [-0.25, -0.2) is 0 Å². The van der Waals surface area contributed by atoms with Crippen molar-refractivity contribution >= 4 is 69.3 Å². The van der Waals surface area contributed by atoms with Crippen LogP contribution >= 0.6 is 47.3 Å². The first-order valence-electron chi connectivity index (χ1n) is 6.89. The molecule has 2 aromatic carbocycles. The SMILES string of the molecule is O=C1NC(=S)S/C1=C\c1cc([N+](=O)[O-])ccc1Sc1ccc(Cl)cc1. The van der Waals surface area contributed by atoms with E-state index in [1.807, 2.05) is 12.1 Å². The van der Waals surface area contributed by atoms with E-state index < -0.39 is 4.92 Å². The number of benzene rings is 2. The summed E-state index contributed by atoms with van der Waals surface area (Å²) in [6, 6.07) is 11.8. The summed E-state index contributed by atoms with van der Waals surface area (Å²) in [5, 5.41) is 14.2. The van der Waals surface area contributed by atoms with E-state index in [-0.39, 0.29) is 11.6 Å². The Morgan fingerprint density at radius 2 is 1.96 bits per heavy atom. The molecule has 0 spiro atoms. The number of carbonyl (C=O) groups excluding carboxylic acids is 1. The molecule has 1 amide bonds. The first-order valence-corrected chi connectivity index (χ1v) is 9.31. The Balaban J connectivity index is 2.01. The van der Waals surface area contributed by atoms with Crippen LogP contribution in [0.3, 0.4) is 0 Å². The van der Waals surface area contributed by atoms with Crippen LogP contribution in [-0.2, 0) is 4.79 Å². The summed E-state index contributed by atoms with van der Waals surface area (Å²) < 4.78 is 0.369. The van der Waals surface area contributed by atoms with Gasteiger partial charge in [-0.15, -0.1) is 0 Å². The van der Waals surface area contributed by atoms with Crippen LogP contribution in [0.4, 0.5) is 5.69 Å². The number of nitrogens with one attached hydrogen (secondary N) is 1. The van der Waals surface area contributed by atoms with Crippen molar-refractivity contribution in [3.63, 3.8) is 0 Å². The highest BCUT2D eigenvalue weighted by Gasteiger charge is 2.23. The van der Waals surface area contributed by atoms with E-state index in [1.165, 1.54) is 23.9 Å². The summed E-state index contributed by atoms with van der Waals surface area (Å²) in [5.74, 6) is -0.302. The van der Waals surface area contributed by atoms with Crippen molar-refractivity contribution < 1.29 is 9.72 Å². The highest BCUT2D eigenvalue weighted by Crippen LogP contribution is 2.36. The van der Waals surface area contributed by atoms with E-state index in [0.29, 0.717) is 19.8 Å². The number of hydrogen-bond donors (Lipinski definition) is 1. The molecule has 3 rings (SSSR count). The number of thioether (sulfide) groups is 1. The molecule has 0 unspecified atom stereocenters. The lowest BCUT2D eigenvalue weighted by Crippen LogP contribution is -2.17. The fourth-order valence-corrected chi connectivity index (χ4v) is 4.11. The van der Waals surface area contributed by atoms with Crippen LogP contribution in [0.2, 0.25) is 5.02 Å². The molecule has 2 aromatic rings. The molecular formula is C16H9ClN2O3S3. The van der Waals surface area contributed by atoms with Crippen molar-refractivity contribution in [2.75, 3.05) is 0 Å². The third kappa shape index (κ3) is 4.40. The Kier molecular flexibility index (Phi) is 5.43. The summed E-state index contributed by atoms with van der Waals surface area (Å²) >= 11 is 13.4. The van der Waals surface area contributed by atoms with E-state index in [2.05, 4.69) is 5.32 Å². The molecule has 1 saturated heterocycles. The van der Waals surface area contributed by atoms with Crippen molar-refractivity contribution in [1.82, 2.24) is 5.32 Å². The zero-order valence-corrected chi connectivity index (χ0v) is 15.6. The second-order valence-electron chi connectivity index (χ2n) is 4.89. The summed E-state index contributed by atoms with van der Waals surface area (Å²) in [7, 11) is 0. The molecule has 5 nitrogen and oxygen atoms in total. The largest absolute Gasteiger partial charge is 0.307 e. The van der Waals surface area contributed by atoms with E-state index in [9.17, 15) is 14.9 Å². The lowest BCUT2D eigenvalue weighted by molar-refractivity contribution is -0.384. The molecule has 1 aliphatic heterocycles. The third-order valence-corrected chi connectivity index (χ3v) is 5.69. The number of halogens is 1. The number of nitro groups is 1. The fraction of sp³-hybridized carbons (Fsp3) is 0. The second kappa shape index (κ2) is 7.57. The monoisotopic (exact) mass is 408 g/mol. The number of carbonyl (C=O) groups is 1. The highest BCUT2D eigenvalue weighted by atomic mass is 35.5. The van der Waals surface area contributed by atoms with Crippen molar-refractivity contribution in [1.29, 1.82) is 0 Å². The number of amides is 1. The number of rotatable bonds is 4. The quantitative estimate of drug-likeness (QED) is 0.336. The van der Waals surface area contributed by atoms with Gasteiger partial charge in [0, 0.05) is 26.9 Å². The number of hydrogen-bond acceptors (Lipinski definition) is 6. The van der Waals surface area contributed by atoms with Gasteiger partial charge in [-0.05, 0) is 42.0 Å². The van der Waals surface area contributed by atoms with Crippen LogP contribution in [0.1, 0.15) is 5.56 Å². The zero-order valence-electron chi connectivity index (χ0n) is 12.4. The maximum atomic E-state index is 11.9. The summed E-state index contributed by atoms with van der Waals surface area (Å²) in [4.78, 5) is 24.6. The molecule has 9 heteroatoms. The number of nitrogens with zero attached hydrogens (tertiary/aromatic N) is 1. The van der Waals surface area contributed by atoms with Gasteiger partial charge in [0.25, 0.3) is 11.6 Å². The second-order valence-corrected chi connectivity index (χ2v) is 8.16. The maximum Gasteiger partial charge on any atom is 0.270 e. The Bertz CT molecular complexity index is 913. The number of thiocarbonyl (C=S) groups is 1. The van der Waals surface area contributed by atoms with Gasteiger partial charge in [0.05, 0.1) is 9.83 Å². The lowest BCUT2D eigenvalue weighted by Gasteiger charge is -2.07. The molecule has 0 aromatic heterocycles. The molecule has 0 saturated carbocycles. The molecular weight excluding hydrogens is 400 g/mol. The Labute approximate surface area is 162 Å². The molecule has 1 heterocycles. The molecule has 25 heavy (non-hydrogen) atoms. The van der Waals surface area contributed by atoms with Gasteiger partial charge >= 0.3 is 0 Å². The minimum Gasteiger partial charge on any atom is -0.307 e. The number of nitro benzene ring substituents is 1. The van der Waals surface area contributed by atoms with Gasteiger partial charge in [0.15, 0.2) is 0 Å². The molecule has 0 atom stereocenters. The van der Waals surface area contributed by atoms with Crippen LogP contribution < -0.4 is 5.32 Å². The number of non-ortho nitro benzene ring substituents is 1. The van der Waals surface area contributed by atoms with E-state index in [4.69, 9.17) is 23.8 Å². The first kappa shape index (κ1) is 17.9. The van der Waals surface area contributed by atoms with Gasteiger partial charge < -0.3 is 5.32 Å². The van der Waals surface area contributed by atoms with Gasteiger partial charge in [0.2, 0.25) is 0 Å². The lowest BCUT2D eigenvalue weighted by atomic mass is 10.2. The van der Waals surface area contributed by atoms with Gasteiger partial charge in [0.1, 0.15) is 4.32 Å². The minimum absolute atomic E-state index is 0.0433. The Morgan fingerprint density at radius 3 is 2.56 bits per heavy atom. The molecule has 1 aliphatic rings.